The summed E-state index contributed by atoms with van der Waals surface area (Å²) in [5.41, 5.74) is 4.39. The predicted molar refractivity (Wildman–Crippen MR) is 155 cm³/mol. The Balaban J connectivity index is 1.46. The number of carbonyl (C=O) groups excluding carboxylic acids is 1. The molecule has 2 aromatic heterocycles. The second-order valence-electron chi connectivity index (χ2n) is 8.86. The van der Waals surface area contributed by atoms with Gasteiger partial charge in [-0.1, -0.05) is 110 Å². The van der Waals surface area contributed by atoms with Crippen molar-refractivity contribution in [2.75, 3.05) is 5.32 Å². The number of anilines is 1. The summed E-state index contributed by atoms with van der Waals surface area (Å²) in [5, 5.41) is 13.3. The summed E-state index contributed by atoms with van der Waals surface area (Å²) in [4.78, 5) is 22.6. The molecule has 7 heteroatoms. The van der Waals surface area contributed by atoms with E-state index >= 15 is 0 Å². The molecule has 39 heavy (non-hydrogen) atoms. The maximum Gasteiger partial charge on any atom is 0.240 e. The maximum absolute atomic E-state index is 13.5. The number of rotatable bonds is 8. The zero-order chi connectivity index (χ0) is 27.2. The average molecular weight is 531 g/mol. The molecule has 1 amide bonds. The van der Waals surface area contributed by atoms with Crippen molar-refractivity contribution in [2.24, 2.45) is 0 Å². The predicted octanol–water partition coefficient (Wildman–Crippen LogP) is 7.76. The van der Waals surface area contributed by atoms with Crippen molar-refractivity contribution >= 4 is 23.6 Å². The SMILES string of the molecule is CCC(Sc1cc(-c2ccccc2)nc(C)n1)C(=O)Nc1oc(-c2ccccc2)c(-c2ccccc2)c1C#N. The molecular formula is C32H26N4O2S. The minimum Gasteiger partial charge on any atom is -0.438 e. The Kier molecular flexibility index (Phi) is 7.86. The molecule has 5 rings (SSSR count). The Morgan fingerprint density at radius 1 is 0.923 bits per heavy atom. The highest BCUT2D eigenvalue weighted by Gasteiger charge is 2.27. The summed E-state index contributed by atoms with van der Waals surface area (Å²) in [7, 11) is 0. The van der Waals surface area contributed by atoms with E-state index in [1.165, 1.54) is 11.8 Å². The molecule has 0 bridgehead atoms. The summed E-state index contributed by atoms with van der Waals surface area (Å²) < 4.78 is 6.20. The van der Waals surface area contributed by atoms with Crippen molar-refractivity contribution in [1.82, 2.24) is 9.97 Å². The number of benzene rings is 3. The molecule has 2 heterocycles. The van der Waals surface area contributed by atoms with Gasteiger partial charge in [0.05, 0.1) is 10.9 Å². The Hall–Kier alpha value is -4.67. The van der Waals surface area contributed by atoms with Gasteiger partial charge >= 0.3 is 0 Å². The third kappa shape index (κ3) is 5.77. The number of hydrogen-bond acceptors (Lipinski definition) is 6. The molecule has 1 atom stereocenters. The standard InChI is InChI=1S/C32H26N4O2S/c1-3-27(39-28-19-26(34-21(2)35-28)22-13-7-4-8-14-22)31(37)36-32-25(20-33)29(23-15-9-5-10-16-23)30(38-32)24-17-11-6-12-18-24/h4-19,27H,3H2,1-2H3,(H,36,37). The smallest absolute Gasteiger partial charge is 0.240 e. The summed E-state index contributed by atoms with van der Waals surface area (Å²) in [6.45, 7) is 3.79. The first-order chi connectivity index (χ1) is 19.1. The Morgan fingerprint density at radius 2 is 1.51 bits per heavy atom. The van der Waals surface area contributed by atoms with Crippen LogP contribution in [0.15, 0.2) is 107 Å². The van der Waals surface area contributed by atoms with Crippen LogP contribution < -0.4 is 5.32 Å². The number of thioether (sulfide) groups is 1. The minimum atomic E-state index is -0.458. The summed E-state index contributed by atoms with van der Waals surface area (Å²) in [6.07, 6.45) is 0.555. The van der Waals surface area contributed by atoms with Crippen LogP contribution in [0.5, 0.6) is 0 Å². The number of nitrogens with one attached hydrogen (secondary N) is 1. The molecule has 5 aromatic rings. The van der Waals surface area contributed by atoms with Crippen LogP contribution in [0.4, 0.5) is 5.88 Å². The molecule has 192 valence electrons. The number of aryl methyl sites for hydroxylation is 1. The van der Waals surface area contributed by atoms with Gasteiger partial charge in [-0.15, -0.1) is 0 Å². The van der Waals surface area contributed by atoms with Gasteiger partial charge in [-0.3, -0.25) is 10.1 Å². The highest BCUT2D eigenvalue weighted by atomic mass is 32.2. The number of carbonyl (C=O) groups is 1. The molecule has 0 aliphatic rings. The van der Waals surface area contributed by atoms with Crippen LogP contribution >= 0.6 is 11.8 Å². The highest BCUT2D eigenvalue weighted by molar-refractivity contribution is 8.00. The molecule has 0 spiro atoms. The first-order valence-electron chi connectivity index (χ1n) is 12.6. The molecule has 6 nitrogen and oxygen atoms in total. The van der Waals surface area contributed by atoms with E-state index in [9.17, 15) is 10.1 Å². The van der Waals surface area contributed by atoms with Gasteiger partial charge in [0.2, 0.25) is 11.8 Å². The van der Waals surface area contributed by atoms with Gasteiger partial charge < -0.3 is 4.42 Å². The van der Waals surface area contributed by atoms with Crippen molar-refractivity contribution < 1.29 is 9.21 Å². The van der Waals surface area contributed by atoms with Gasteiger partial charge in [-0.05, 0) is 25.0 Å². The first kappa shape index (κ1) is 26.0. The second kappa shape index (κ2) is 11.8. The first-order valence-corrected chi connectivity index (χ1v) is 13.5. The molecule has 0 aliphatic heterocycles. The van der Waals surface area contributed by atoms with Crippen LogP contribution in [0.3, 0.4) is 0 Å². The zero-order valence-corrected chi connectivity index (χ0v) is 22.4. The number of nitriles is 1. The molecule has 1 unspecified atom stereocenters. The number of nitrogens with zero attached hydrogens (tertiary/aromatic N) is 3. The molecule has 0 saturated carbocycles. The van der Waals surface area contributed by atoms with E-state index in [1.54, 1.807) is 0 Å². The van der Waals surface area contributed by atoms with Crippen molar-refractivity contribution in [3.63, 3.8) is 0 Å². The van der Waals surface area contributed by atoms with Crippen molar-refractivity contribution in [3.05, 3.63) is 108 Å². The third-order valence-corrected chi connectivity index (χ3v) is 7.45. The lowest BCUT2D eigenvalue weighted by Gasteiger charge is -2.14. The maximum atomic E-state index is 13.5. The number of aromatic nitrogens is 2. The Labute approximate surface area is 231 Å². The van der Waals surface area contributed by atoms with E-state index in [-0.39, 0.29) is 17.4 Å². The van der Waals surface area contributed by atoms with Gasteiger partial charge in [0, 0.05) is 16.7 Å². The molecule has 0 aliphatic carbocycles. The molecule has 3 aromatic carbocycles. The van der Waals surface area contributed by atoms with Crippen LogP contribution in [0.1, 0.15) is 24.7 Å². The van der Waals surface area contributed by atoms with Crippen LogP contribution in [-0.4, -0.2) is 21.1 Å². The quantitative estimate of drug-likeness (QED) is 0.163. The zero-order valence-electron chi connectivity index (χ0n) is 21.6. The third-order valence-electron chi connectivity index (χ3n) is 6.17. The summed E-state index contributed by atoms with van der Waals surface area (Å²) in [5.74, 6) is 1.05. The molecule has 0 fully saturated rings. The highest BCUT2D eigenvalue weighted by Crippen LogP contribution is 2.41. The summed E-state index contributed by atoms with van der Waals surface area (Å²) in [6, 6.07) is 33.2. The van der Waals surface area contributed by atoms with Gasteiger partial charge in [0.1, 0.15) is 28.2 Å². The largest absolute Gasteiger partial charge is 0.438 e. The van der Waals surface area contributed by atoms with Crippen LogP contribution in [0.25, 0.3) is 33.7 Å². The van der Waals surface area contributed by atoms with Gasteiger partial charge in [-0.25, -0.2) is 9.97 Å². The van der Waals surface area contributed by atoms with Crippen LogP contribution in [0, 0.1) is 18.3 Å². The van der Waals surface area contributed by atoms with Crippen LogP contribution in [0.2, 0.25) is 0 Å². The van der Waals surface area contributed by atoms with Gasteiger partial charge in [0.25, 0.3) is 0 Å². The fraction of sp³-hybridized carbons (Fsp3) is 0.125. The lowest BCUT2D eigenvalue weighted by molar-refractivity contribution is -0.115. The van der Waals surface area contributed by atoms with E-state index in [0.717, 1.165) is 22.4 Å². The van der Waals surface area contributed by atoms with E-state index < -0.39 is 5.25 Å². The fourth-order valence-electron chi connectivity index (χ4n) is 4.32. The Bertz CT molecular complexity index is 1630. The molecule has 1 N–H and O–H groups in total. The van der Waals surface area contributed by atoms with E-state index in [1.807, 2.05) is 111 Å². The fourth-order valence-corrected chi connectivity index (χ4v) is 5.31. The monoisotopic (exact) mass is 530 g/mol. The van der Waals surface area contributed by atoms with Gasteiger partial charge in [0.15, 0.2) is 0 Å². The normalized spacial score (nSPS) is 11.5. The number of hydrogen-bond donors (Lipinski definition) is 1. The minimum absolute atomic E-state index is 0.142. The summed E-state index contributed by atoms with van der Waals surface area (Å²) >= 11 is 1.37. The van der Waals surface area contributed by atoms with E-state index in [0.29, 0.717) is 28.6 Å². The van der Waals surface area contributed by atoms with Crippen molar-refractivity contribution in [2.45, 2.75) is 30.5 Å². The van der Waals surface area contributed by atoms with Gasteiger partial charge in [-0.2, -0.15) is 5.26 Å². The van der Waals surface area contributed by atoms with Crippen molar-refractivity contribution in [3.8, 4) is 39.8 Å². The van der Waals surface area contributed by atoms with E-state index in [2.05, 4.69) is 21.4 Å². The molecule has 0 saturated heterocycles. The topological polar surface area (TPSA) is 91.8 Å². The van der Waals surface area contributed by atoms with Crippen LogP contribution in [-0.2, 0) is 4.79 Å². The second-order valence-corrected chi connectivity index (χ2v) is 10.1. The lowest BCUT2D eigenvalue weighted by Crippen LogP contribution is -2.25. The molecule has 0 radical (unpaired) electrons. The van der Waals surface area contributed by atoms with Crippen molar-refractivity contribution in [1.29, 1.82) is 5.26 Å². The Morgan fingerprint density at radius 3 is 2.10 bits per heavy atom. The average Bonchev–Trinajstić information content (AvgIpc) is 3.35. The molecular weight excluding hydrogens is 504 g/mol. The lowest BCUT2D eigenvalue weighted by atomic mass is 9.98. The number of amides is 1. The van der Waals surface area contributed by atoms with E-state index in [4.69, 9.17) is 4.42 Å². The number of furan rings is 1.